The summed E-state index contributed by atoms with van der Waals surface area (Å²) in [5.74, 6) is 2.38. The van der Waals surface area contributed by atoms with Gasteiger partial charge in [0.05, 0.1) is 5.51 Å². The molecule has 0 saturated heterocycles. The molecule has 0 spiro atoms. The van der Waals surface area contributed by atoms with Crippen molar-refractivity contribution in [3.8, 4) is 0 Å². The molecular formula is C9H16N2S2. The van der Waals surface area contributed by atoms with Crippen molar-refractivity contribution in [3.05, 3.63) is 16.6 Å². The van der Waals surface area contributed by atoms with E-state index in [2.05, 4.69) is 17.2 Å². The fourth-order valence-electron chi connectivity index (χ4n) is 1.09. The molecule has 0 aliphatic heterocycles. The van der Waals surface area contributed by atoms with Crippen LogP contribution in [-0.2, 0) is 6.42 Å². The van der Waals surface area contributed by atoms with E-state index >= 15 is 0 Å². The first-order chi connectivity index (χ1) is 6.36. The zero-order valence-electron chi connectivity index (χ0n) is 8.12. The van der Waals surface area contributed by atoms with Gasteiger partial charge < -0.3 is 5.32 Å². The molecule has 1 rings (SSSR count). The van der Waals surface area contributed by atoms with Crippen LogP contribution in [0.4, 0.5) is 0 Å². The maximum Gasteiger partial charge on any atom is 0.0794 e. The van der Waals surface area contributed by atoms with Crippen LogP contribution in [0.15, 0.2) is 11.7 Å². The molecule has 1 aromatic rings. The molecule has 1 aromatic heterocycles. The molecule has 1 atom stereocenters. The van der Waals surface area contributed by atoms with Gasteiger partial charge in [-0.05, 0) is 19.2 Å². The Hall–Kier alpha value is -0.0600. The number of thiazole rings is 1. The first kappa shape index (κ1) is 11.0. The molecule has 1 unspecified atom stereocenters. The summed E-state index contributed by atoms with van der Waals surface area (Å²) < 4.78 is 0. The lowest BCUT2D eigenvalue weighted by Gasteiger charge is -2.13. The molecule has 0 aliphatic rings. The molecule has 13 heavy (non-hydrogen) atoms. The molecule has 0 radical (unpaired) electrons. The van der Waals surface area contributed by atoms with Crippen LogP contribution in [0, 0.1) is 0 Å². The highest BCUT2D eigenvalue weighted by atomic mass is 32.2. The van der Waals surface area contributed by atoms with Crippen LogP contribution in [0.1, 0.15) is 11.8 Å². The van der Waals surface area contributed by atoms with E-state index in [1.807, 2.05) is 30.5 Å². The number of nitrogens with one attached hydrogen (secondary N) is 1. The van der Waals surface area contributed by atoms with E-state index in [0.717, 1.165) is 6.42 Å². The lowest BCUT2D eigenvalue weighted by molar-refractivity contribution is 0.621. The number of aromatic nitrogens is 1. The summed E-state index contributed by atoms with van der Waals surface area (Å²) in [6.45, 7) is 2.20. The van der Waals surface area contributed by atoms with Crippen molar-refractivity contribution in [1.82, 2.24) is 10.3 Å². The molecule has 0 aliphatic carbocycles. The fraction of sp³-hybridized carbons (Fsp3) is 0.667. The van der Waals surface area contributed by atoms with Gasteiger partial charge in [0, 0.05) is 22.9 Å². The van der Waals surface area contributed by atoms with Crippen LogP contribution in [0.25, 0.3) is 0 Å². The maximum absolute atomic E-state index is 4.07. The Morgan fingerprint density at radius 2 is 2.54 bits per heavy atom. The van der Waals surface area contributed by atoms with Crippen LogP contribution in [0.3, 0.4) is 0 Å². The number of nitrogens with zero attached hydrogens (tertiary/aromatic N) is 1. The summed E-state index contributed by atoms with van der Waals surface area (Å²) in [4.78, 5) is 5.45. The number of likely N-dealkylation sites (N-methyl/N-ethyl adjacent to an activating group) is 1. The minimum Gasteiger partial charge on any atom is -0.316 e. The Morgan fingerprint density at radius 3 is 3.08 bits per heavy atom. The summed E-state index contributed by atoms with van der Waals surface area (Å²) >= 11 is 3.72. The predicted octanol–water partition coefficient (Wildman–Crippen LogP) is 2.03. The zero-order valence-corrected chi connectivity index (χ0v) is 9.75. The molecule has 4 heteroatoms. The van der Waals surface area contributed by atoms with Crippen molar-refractivity contribution in [2.24, 2.45) is 0 Å². The Labute approximate surface area is 88.2 Å². The van der Waals surface area contributed by atoms with Gasteiger partial charge in [-0.1, -0.05) is 6.92 Å². The average molecular weight is 216 g/mol. The van der Waals surface area contributed by atoms with Crippen molar-refractivity contribution in [2.45, 2.75) is 19.4 Å². The van der Waals surface area contributed by atoms with Crippen molar-refractivity contribution >= 4 is 23.1 Å². The summed E-state index contributed by atoms with van der Waals surface area (Å²) in [5.41, 5.74) is 1.90. The molecule has 0 amide bonds. The molecular weight excluding hydrogens is 200 g/mol. The standard InChI is InChI=1S/C9H16N2S2/c1-3-12-6-8(10-2)4-9-5-11-7-13-9/h5,7-8,10H,3-4,6H2,1-2H3. The lowest BCUT2D eigenvalue weighted by atomic mass is 10.2. The number of hydrogen-bond donors (Lipinski definition) is 1. The van der Waals surface area contributed by atoms with Gasteiger partial charge in [0.2, 0.25) is 0 Å². The van der Waals surface area contributed by atoms with Crippen LogP contribution in [0.5, 0.6) is 0 Å². The second-order valence-corrected chi connectivity index (χ2v) is 5.11. The molecule has 0 saturated carbocycles. The number of rotatable bonds is 6. The van der Waals surface area contributed by atoms with Gasteiger partial charge in [-0.25, -0.2) is 0 Å². The topological polar surface area (TPSA) is 24.9 Å². The summed E-state index contributed by atoms with van der Waals surface area (Å²) in [5, 5.41) is 3.33. The Bertz CT molecular complexity index is 211. The van der Waals surface area contributed by atoms with Gasteiger partial charge in [-0.3, -0.25) is 4.98 Å². The minimum atomic E-state index is 0.588. The highest BCUT2D eigenvalue weighted by Crippen LogP contribution is 2.11. The normalized spacial score (nSPS) is 13.1. The summed E-state index contributed by atoms with van der Waals surface area (Å²) in [6, 6.07) is 0.588. The number of hydrogen-bond acceptors (Lipinski definition) is 4. The van der Waals surface area contributed by atoms with Gasteiger partial charge in [0.15, 0.2) is 0 Å². The van der Waals surface area contributed by atoms with Crippen LogP contribution < -0.4 is 5.32 Å². The zero-order chi connectivity index (χ0) is 9.52. The first-order valence-corrected chi connectivity index (χ1v) is 6.52. The molecule has 74 valence electrons. The van der Waals surface area contributed by atoms with E-state index in [0.29, 0.717) is 6.04 Å². The second kappa shape index (κ2) is 6.40. The van der Waals surface area contributed by atoms with Gasteiger partial charge in [0.25, 0.3) is 0 Å². The van der Waals surface area contributed by atoms with E-state index in [-0.39, 0.29) is 0 Å². The lowest BCUT2D eigenvalue weighted by Crippen LogP contribution is -2.29. The van der Waals surface area contributed by atoms with Crippen LogP contribution >= 0.6 is 23.1 Å². The third-order valence-electron chi connectivity index (χ3n) is 1.86. The van der Waals surface area contributed by atoms with Crippen molar-refractivity contribution in [1.29, 1.82) is 0 Å². The van der Waals surface area contributed by atoms with E-state index < -0.39 is 0 Å². The first-order valence-electron chi connectivity index (χ1n) is 4.49. The monoisotopic (exact) mass is 216 g/mol. The van der Waals surface area contributed by atoms with Crippen LogP contribution in [-0.4, -0.2) is 29.6 Å². The van der Waals surface area contributed by atoms with E-state index in [9.17, 15) is 0 Å². The van der Waals surface area contributed by atoms with E-state index in [1.54, 1.807) is 11.3 Å². The SMILES string of the molecule is CCSCC(Cc1cncs1)NC. The highest BCUT2D eigenvalue weighted by Gasteiger charge is 2.07. The second-order valence-electron chi connectivity index (χ2n) is 2.82. The minimum absolute atomic E-state index is 0.588. The van der Waals surface area contributed by atoms with Crippen molar-refractivity contribution < 1.29 is 0 Å². The largest absolute Gasteiger partial charge is 0.316 e. The van der Waals surface area contributed by atoms with Crippen LogP contribution in [0.2, 0.25) is 0 Å². The molecule has 0 aromatic carbocycles. The molecule has 0 bridgehead atoms. The maximum atomic E-state index is 4.07. The van der Waals surface area contributed by atoms with Gasteiger partial charge >= 0.3 is 0 Å². The third-order valence-corrected chi connectivity index (χ3v) is 3.71. The van der Waals surface area contributed by atoms with Gasteiger partial charge in [-0.15, -0.1) is 11.3 Å². The van der Waals surface area contributed by atoms with E-state index in [4.69, 9.17) is 0 Å². The molecule has 0 fully saturated rings. The average Bonchev–Trinajstić information content (AvgIpc) is 2.64. The summed E-state index contributed by atoms with van der Waals surface area (Å²) in [6.07, 6.45) is 3.07. The molecule has 1 N–H and O–H groups in total. The predicted molar refractivity (Wildman–Crippen MR) is 61.7 cm³/mol. The van der Waals surface area contributed by atoms with Crippen molar-refractivity contribution in [3.63, 3.8) is 0 Å². The number of thioether (sulfide) groups is 1. The van der Waals surface area contributed by atoms with E-state index in [1.165, 1.54) is 16.4 Å². The third kappa shape index (κ3) is 4.11. The summed E-state index contributed by atoms with van der Waals surface area (Å²) in [7, 11) is 2.03. The van der Waals surface area contributed by atoms with Crippen molar-refractivity contribution in [2.75, 3.05) is 18.6 Å². The fourth-order valence-corrected chi connectivity index (χ4v) is 2.57. The Balaban J connectivity index is 2.31. The Morgan fingerprint density at radius 1 is 1.69 bits per heavy atom. The molecule has 2 nitrogen and oxygen atoms in total. The quantitative estimate of drug-likeness (QED) is 0.787. The Kier molecular flexibility index (Phi) is 5.43. The van der Waals surface area contributed by atoms with Gasteiger partial charge in [-0.2, -0.15) is 11.8 Å². The highest BCUT2D eigenvalue weighted by molar-refractivity contribution is 7.99. The van der Waals surface area contributed by atoms with Gasteiger partial charge in [0.1, 0.15) is 0 Å². The molecule has 1 heterocycles. The smallest absolute Gasteiger partial charge is 0.0794 e.